The van der Waals surface area contributed by atoms with E-state index in [1.165, 1.54) is 5.56 Å². The predicted molar refractivity (Wildman–Crippen MR) is 143 cm³/mol. The van der Waals surface area contributed by atoms with Crippen LogP contribution in [-0.4, -0.2) is 48.7 Å². The number of nitrogens with one attached hydrogen (secondary N) is 3. The lowest BCUT2D eigenvalue weighted by Crippen LogP contribution is -2.54. The normalized spacial score (nSPS) is 19.7. The van der Waals surface area contributed by atoms with Gasteiger partial charge in [-0.05, 0) is 65.5 Å². The zero-order chi connectivity index (χ0) is 27.7. The van der Waals surface area contributed by atoms with Crippen LogP contribution in [0.5, 0.6) is 0 Å². The van der Waals surface area contributed by atoms with Gasteiger partial charge in [-0.2, -0.15) is 5.10 Å². The highest BCUT2D eigenvalue weighted by Gasteiger charge is 2.38. The van der Waals surface area contributed by atoms with E-state index in [0.717, 1.165) is 54.1 Å². The Morgan fingerprint density at radius 2 is 1.87 bits per heavy atom. The Morgan fingerprint density at radius 1 is 1.16 bits per heavy atom. The van der Waals surface area contributed by atoms with Crippen molar-refractivity contribution in [3.63, 3.8) is 0 Å². The SMILES string of the molecule is CC(C)(C)c1cccc(C2(NC[C@@H](O)C(Cc3cc(F)cc(F)c3)NS(C)(=O)=O)CCc3[nH]ncc3C2)c1. The van der Waals surface area contributed by atoms with Gasteiger partial charge in [-0.1, -0.05) is 45.0 Å². The lowest BCUT2D eigenvalue weighted by molar-refractivity contribution is 0.117. The Hall–Kier alpha value is -2.66. The van der Waals surface area contributed by atoms with Crippen LogP contribution in [-0.2, 0) is 40.2 Å². The minimum Gasteiger partial charge on any atom is -0.390 e. The van der Waals surface area contributed by atoms with Gasteiger partial charge in [0.1, 0.15) is 11.6 Å². The van der Waals surface area contributed by atoms with Crippen molar-refractivity contribution in [2.75, 3.05) is 12.8 Å². The van der Waals surface area contributed by atoms with E-state index in [1.54, 1.807) is 0 Å². The highest BCUT2D eigenvalue weighted by Crippen LogP contribution is 2.37. The number of aromatic nitrogens is 2. The molecule has 0 bridgehead atoms. The molecule has 7 nitrogen and oxygen atoms in total. The van der Waals surface area contributed by atoms with Gasteiger partial charge in [0.05, 0.1) is 24.6 Å². The van der Waals surface area contributed by atoms with E-state index in [1.807, 2.05) is 12.3 Å². The van der Waals surface area contributed by atoms with E-state index >= 15 is 0 Å². The first-order valence-electron chi connectivity index (χ1n) is 12.7. The second kappa shape index (κ2) is 10.8. The molecule has 4 N–H and O–H groups in total. The molecular formula is C28H36F2N4O3S. The maximum Gasteiger partial charge on any atom is 0.209 e. The summed E-state index contributed by atoms with van der Waals surface area (Å²) in [5.74, 6) is -1.52. The Morgan fingerprint density at radius 3 is 2.53 bits per heavy atom. The number of hydrogen-bond donors (Lipinski definition) is 4. The molecule has 0 radical (unpaired) electrons. The average molecular weight is 547 g/mol. The zero-order valence-electron chi connectivity index (χ0n) is 22.2. The molecule has 38 heavy (non-hydrogen) atoms. The van der Waals surface area contributed by atoms with Gasteiger partial charge in [-0.15, -0.1) is 0 Å². The van der Waals surface area contributed by atoms with Gasteiger partial charge in [-0.3, -0.25) is 5.10 Å². The molecule has 0 amide bonds. The smallest absolute Gasteiger partial charge is 0.209 e. The number of halogens is 2. The molecule has 1 heterocycles. The Balaban J connectivity index is 1.62. The molecule has 0 fully saturated rings. The first-order valence-corrected chi connectivity index (χ1v) is 14.6. The van der Waals surface area contributed by atoms with Crippen molar-refractivity contribution in [2.24, 2.45) is 0 Å². The quantitative estimate of drug-likeness (QED) is 0.329. The Labute approximate surface area is 223 Å². The zero-order valence-corrected chi connectivity index (χ0v) is 23.0. The summed E-state index contributed by atoms with van der Waals surface area (Å²) in [6.07, 6.45) is 3.69. The lowest BCUT2D eigenvalue weighted by Gasteiger charge is -2.40. The third-order valence-electron chi connectivity index (χ3n) is 7.24. The van der Waals surface area contributed by atoms with Crippen molar-refractivity contribution >= 4 is 10.0 Å². The average Bonchev–Trinajstić information content (AvgIpc) is 3.28. The van der Waals surface area contributed by atoms with Gasteiger partial charge in [0, 0.05) is 23.8 Å². The molecule has 3 aromatic rings. The third kappa shape index (κ3) is 6.85. The topological polar surface area (TPSA) is 107 Å². The van der Waals surface area contributed by atoms with E-state index in [9.17, 15) is 22.3 Å². The van der Waals surface area contributed by atoms with Crippen LogP contribution in [0.4, 0.5) is 8.78 Å². The maximum atomic E-state index is 13.8. The molecule has 0 spiro atoms. The van der Waals surface area contributed by atoms with Crippen LogP contribution in [0.3, 0.4) is 0 Å². The Bertz CT molecular complexity index is 1370. The first kappa shape index (κ1) is 28.4. The summed E-state index contributed by atoms with van der Waals surface area (Å²) in [5, 5.41) is 22.0. The molecular weight excluding hydrogens is 510 g/mol. The molecule has 2 aromatic carbocycles. The molecule has 206 valence electrons. The van der Waals surface area contributed by atoms with Gasteiger partial charge < -0.3 is 10.4 Å². The number of H-pyrrole nitrogens is 1. The summed E-state index contributed by atoms with van der Waals surface area (Å²) in [6, 6.07) is 10.4. The fourth-order valence-corrected chi connectivity index (χ4v) is 5.99. The van der Waals surface area contributed by atoms with E-state index in [0.29, 0.717) is 6.42 Å². The van der Waals surface area contributed by atoms with Crippen molar-refractivity contribution in [2.45, 2.75) is 69.6 Å². The van der Waals surface area contributed by atoms with Crippen LogP contribution < -0.4 is 10.0 Å². The number of hydrogen-bond acceptors (Lipinski definition) is 5. The molecule has 4 rings (SSSR count). The van der Waals surface area contributed by atoms with E-state index in [-0.39, 0.29) is 23.9 Å². The minimum absolute atomic E-state index is 0.0535. The molecule has 1 aliphatic rings. The number of aliphatic hydroxyl groups excluding tert-OH is 1. The largest absolute Gasteiger partial charge is 0.390 e. The Kier molecular flexibility index (Phi) is 8.09. The van der Waals surface area contributed by atoms with E-state index < -0.39 is 39.3 Å². The summed E-state index contributed by atoms with van der Waals surface area (Å²) in [7, 11) is -3.71. The first-order chi connectivity index (χ1) is 17.7. The van der Waals surface area contributed by atoms with Gasteiger partial charge in [0.25, 0.3) is 0 Å². The van der Waals surface area contributed by atoms with Crippen molar-refractivity contribution in [1.29, 1.82) is 0 Å². The van der Waals surface area contributed by atoms with Crippen LogP contribution >= 0.6 is 0 Å². The number of fused-ring (bicyclic) bond motifs is 1. The summed E-state index contributed by atoms with van der Waals surface area (Å²) in [6.45, 7) is 6.52. The van der Waals surface area contributed by atoms with Gasteiger partial charge in [-0.25, -0.2) is 21.9 Å². The highest BCUT2D eigenvalue weighted by molar-refractivity contribution is 7.88. The number of benzene rings is 2. The maximum absolute atomic E-state index is 13.8. The molecule has 1 aromatic heterocycles. The van der Waals surface area contributed by atoms with E-state index in [4.69, 9.17) is 0 Å². The third-order valence-corrected chi connectivity index (χ3v) is 7.97. The molecule has 0 aliphatic heterocycles. The summed E-state index contributed by atoms with van der Waals surface area (Å²) >= 11 is 0. The van der Waals surface area contributed by atoms with E-state index in [2.05, 4.69) is 59.2 Å². The number of rotatable bonds is 9. The minimum atomic E-state index is -3.71. The lowest BCUT2D eigenvalue weighted by atomic mass is 9.74. The fraction of sp³-hybridized carbons (Fsp3) is 0.464. The number of aryl methyl sites for hydroxylation is 1. The fourth-order valence-electron chi connectivity index (χ4n) is 5.20. The van der Waals surface area contributed by atoms with Crippen molar-refractivity contribution in [3.8, 4) is 0 Å². The van der Waals surface area contributed by atoms with Crippen LogP contribution in [0.1, 0.15) is 55.1 Å². The van der Waals surface area contributed by atoms with Gasteiger partial charge in [0.2, 0.25) is 10.0 Å². The summed E-state index contributed by atoms with van der Waals surface area (Å²) in [4.78, 5) is 0. The van der Waals surface area contributed by atoms with Crippen molar-refractivity contribution in [3.05, 3.63) is 88.2 Å². The number of aliphatic hydroxyl groups is 1. The molecule has 10 heteroatoms. The van der Waals surface area contributed by atoms with Crippen LogP contribution in [0.25, 0.3) is 0 Å². The number of aromatic amines is 1. The summed E-state index contributed by atoms with van der Waals surface area (Å²) < 4.78 is 54.2. The van der Waals surface area contributed by atoms with Gasteiger partial charge >= 0.3 is 0 Å². The second-order valence-electron chi connectivity index (χ2n) is 11.4. The van der Waals surface area contributed by atoms with Crippen LogP contribution in [0.15, 0.2) is 48.7 Å². The van der Waals surface area contributed by atoms with Gasteiger partial charge in [0.15, 0.2) is 0 Å². The van der Waals surface area contributed by atoms with Crippen LogP contribution in [0.2, 0.25) is 0 Å². The molecule has 3 atom stereocenters. The van der Waals surface area contributed by atoms with Crippen molar-refractivity contribution in [1.82, 2.24) is 20.2 Å². The second-order valence-corrected chi connectivity index (χ2v) is 13.2. The molecule has 2 unspecified atom stereocenters. The van der Waals surface area contributed by atoms with Crippen molar-refractivity contribution < 1.29 is 22.3 Å². The number of nitrogens with zero attached hydrogens (tertiary/aromatic N) is 1. The monoisotopic (exact) mass is 546 g/mol. The standard InChI is InChI=1S/C28H36F2N4O3S/c1-27(2,3)20-6-5-7-21(13-20)28(9-8-24-19(15-28)16-32-33-24)31-17-26(35)25(34-38(4,36)37)12-18-10-22(29)14-23(30)11-18/h5-7,10-11,13-14,16,25-26,31,34-35H,8-9,12,15,17H2,1-4H3,(H,32,33)/t25?,26-,28?/m1/s1. The summed E-state index contributed by atoms with van der Waals surface area (Å²) in [5.41, 5.74) is 4.08. The molecule has 0 saturated carbocycles. The van der Waals surface area contributed by atoms with Crippen LogP contribution in [0, 0.1) is 11.6 Å². The molecule has 0 saturated heterocycles. The predicted octanol–water partition coefficient (Wildman–Crippen LogP) is 3.48. The molecule has 1 aliphatic carbocycles. The number of sulfonamides is 1. The highest BCUT2D eigenvalue weighted by atomic mass is 32.2.